The van der Waals surface area contributed by atoms with Gasteiger partial charge in [-0.3, -0.25) is 0 Å². The van der Waals surface area contributed by atoms with Gasteiger partial charge in [0.05, 0.1) is 10.6 Å². The van der Waals surface area contributed by atoms with Crippen molar-refractivity contribution in [3.63, 3.8) is 0 Å². The third-order valence-electron chi connectivity index (χ3n) is 3.35. The van der Waals surface area contributed by atoms with Crippen molar-refractivity contribution in [1.29, 1.82) is 5.26 Å². The Kier molecular flexibility index (Phi) is 3.86. The molecule has 0 bridgehead atoms. The highest BCUT2D eigenvalue weighted by molar-refractivity contribution is 8.04. The zero-order chi connectivity index (χ0) is 15.5. The van der Waals surface area contributed by atoms with Crippen molar-refractivity contribution in [3.8, 4) is 22.3 Å². The van der Waals surface area contributed by atoms with Gasteiger partial charge in [0.25, 0.3) is 0 Å². The standard InChI is InChI=1S/C17H14N4S/c1-12-7-9-13(10-8-12)15-16(22-11-18)17(19)21(20-15)14-5-3-2-4-6-14/h2-10H,19H2,1H3. The molecule has 0 radical (unpaired) electrons. The summed E-state index contributed by atoms with van der Waals surface area (Å²) < 4.78 is 1.68. The number of aromatic nitrogens is 2. The molecule has 22 heavy (non-hydrogen) atoms. The molecule has 0 spiro atoms. The number of rotatable bonds is 3. The Hall–Kier alpha value is -2.71. The number of thioether (sulfide) groups is 1. The molecule has 5 heteroatoms. The molecular formula is C17H14N4S. The van der Waals surface area contributed by atoms with Crippen LogP contribution >= 0.6 is 11.8 Å². The van der Waals surface area contributed by atoms with Gasteiger partial charge in [0.1, 0.15) is 16.9 Å². The van der Waals surface area contributed by atoms with Gasteiger partial charge in [0.15, 0.2) is 0 Å². The van der Waals surface area contributed by atoms with Crippen LogP contribution in [0.3, 0.4) is 0 Å². The number of anilines is 1. The summed E-state index contributed by atoms with van der Waals surface area (Å²) >= 11 is 1.04. The molecule has 108 valence electrons. The van der Waals surface area contributed by atoms with E-state index in [4.69, 9.17) is 11.0 Å². The molecular weight excluding hydrogens is 292 g/mol. The van der Waals surface area contributed by atoms with Gasteiger partial charge in [-0.05, 0) is 30.8 Å². The van der Waals surface area contributed by atoms with Crippen LogP contribution in [-0.2, 0) is 0 Å². The van der Waals surface area contributed by atoms with Gasteiger partial charge in [-0.15, -0.1) is 0 Å². The number of thiocyanates is 1. The number of nitrogens with zero attached hydrogens (tertiary/aromatic N) is 3. The van der Waals surface area contributed by atoms with Crippen LogP contribution in [0, 0.1) is 17.6 Å². The molecule has 4 nitrogen and oxygen atoms in total. The van der Waals surface area contributed by atoms with Crippen molar-refractivity contribution in [3.05, 3.63) is 60.2 Å². The molecule has 0 saturated heterocycles. The average molecular weight is 306 g/mol. The van der Waals surface area contributed by atoms with E-state index >= 15 is 0 Å². The Labute approximate surface area is 133 Å². The first-order valence-electron chi connectivity index (χ1n) is 6.77. The number of para-hydroxylation sites is 1. The zero-order valence-corrected chi connectivity index (χ0v) is 12.8. The predicted octanol–water partition coefficient (Wildman–Crippen LogP) is 4.00. The Balaban J connectivity index is 2.18. The third kappa shape index (κ3) is 2.57. The number of benzene rings is 2. The molecule has 2 aromatic carbocycles. The summed E-state index contributed by atoms with van der Waals surface area (Å²) in [6.45, 7) is 2.03. The van der Waals surface area contributed by atoms with Crippen LogP contribution < -0.4 is 5.73 Å². The minimum Gasteiger partial charge on any atom is -0.383 e. The summed E-state index contributed by atoms with van der Waals surface area (Å²) in [6, 6.07) is 17.7. The highest BCUT2D eigenvalue weighted by Gasteiger charge is 2.18. The normalized spacial score (nSPS) is 10.4. The third-order valence-corrected chi connectivity index (χ3v) is 4.05. The van der Waals surface area contributed by atoms with E-state index in [1.165, 1.54) is 5.56 Å². The first-order chi connectivity index (χ1) is 10.7. The van der Waals surface area contributed by atoms with Crippen molar-refractivity contribution in [2.75, 3.05) is 5.73 Å². The second-order valence-corrected chi connectivity index (χ2v) is 5.66. The van der Waals surface area contributed by atoms with Gasteiger partial charge in [-0.2, -0.15) is 10.4 Å². The van der Waals surface area contributed by atoms with Gasteiger partial charge < -0.3 is 5.73 Å². The maximum atomic E-state index is 9.06. The lowest BCUT2D eigenvalue weighted by Gasteiger charge is -2.02. The van der Waals surface area contributed by atoms with E-state index in [1.54, 1.807) is 4.68 Å². The largest absolute Gasteiger partial charge is 0.383 e. The van der Waals surface area contributed by atoms with Gasteiger partial charge >= 0.3 is 0 Å². The van der Waals surface area contributed by atoms with Crippen LogP contribution in [-0.4, -0.2) is 9.78 Å². The molecule has 1 heterocycles. The molecule has 1 aromatic heterocycles. The zero-order valence-electron chi connectivity index (χ0n) is 12.0. The minimum atomic E-state index is 0.480. The molecule has 3 aromatic rings. The van der Waals surface area contributed by atoms with Crippen LogP contribution in [0.1, 0.15) is 5.56 Å². The average Bonchev–Trinajstić information content (AvgIpc) is 2.87. The van der Waals surface area contributed by atoms with E-state index in [1.807, 2.05) is 61.5 Å². The maximum Gasteiger partial charge on any atom is 0.142 e. The monoisotopic (exact) mass is 306 g/mol. The van der Waals surface area contributed by atoms with Crippen LogP contribution in [0.15, 0.2) is 59.5 Å². The Morgan fingerprint density at radius 1 is 1.09 bits per heavy atom. The highest BCUT2D eigenvalue weighted by atomic mass is 32.2. The van der Waals surface area contributed by atoms with Crippen LogP contribution in [0.4, 0.5) is 5.82 Å². The Morgan fingerprint density at radius 3 is 2.41 bits per heavy atom. The SMILES string of the molecule is Cc1ccc(-c2nn(-c3ccccc3)c(N)c2SC#N)cc1. The molecule has 0 amide bonds. The molecule has 0 aliphatic carbocycles. The van der Waals surface area contributed by atoms with Crippen molar-refractivity contribution >= 4 is 17.6 Å². The Bertz CT molecular complexity index is 830. The second kappa shape index (κ2) is 5.96. The number of nitriles is 1. The summed E-state index contributed by atoms with van der Waals surface area (Å²) in [6.07, 6.45) is 0. The van der Waals surface area contributed by atoms with Gasteiger partial charge in [-0.25, -0.2) is 4.68 Å². The highest BCUT2D eigenvalue weighted by Crippen LogP contribution is 2.36. The van der Waals surface area contributed by atoms with Gasteiger partial charge in [0.2, 0.25) is 0 Å². The first kappa shape index (κ1) is 14.2. The molecule has 0 aliphatic heterocycles. The Morgan fingerprint density at radius 2 is 1.77 bits per heavy atom. The fraction of sp³-hybridized carbons (Fsp3) is 0.0588. The molecule has 0 saturated carbocycles. The molecule has 0 atom stereocenters. The number of nitrogens with two attached hydrogens (primary N) is 1. The maximum absolute atomic E-state index is 9.06. The molecule has 3 rings (SSSR count). The molecule has 0 unspecified atom stereocenters. The van der Waals surface area contributed by atoms with Crippen molar-refractivity contribution in [2.24, 2.45) is 0 Å². The lowest BCUT2D eigenvalue weighted by atomic mass is 10.1. The van der Waals surface area contributed by atoms with E-state index in [0.717, 1.165) is 28.7 Å². The summed E-state index contributed by atoms with van der Waals surface area (Å²) in [5.41, 5.74) is 9.94. The second-order valence-electron chi connectivity index (χ2n) is 4.87. The summed E-state index contributed by atoms with van der Waals surface area (Å²) in [5, 5.41) is 15.8. The van der Waals surface area contributed by atoms with Crippen LogP contribution in [0.2, 0.25) is 0 Å². The lowest BCUT2D eigenvalue weighted by Crippen LogP contribution is -2.01. The van der Waals surface area contributed by atoms with E-state index in [-0.39, 0.29) is 0 Å². The lowest BCUT2D eigenvalue weighted by molar-refractivity contribution is 0.895. The van der Waals surface area contributed by atoms with Gasteiger partial charge in [-0.1, -0.05) is 48.0 Å². The molecule has 0 fully saturated rings. The van der Waals surface area contributed by atoms with Crippen molar-refractivity contribution in [2.45, 2.75) is 11.8 Å². The first-order valence-corrected chi connectivity index (χ1v) is 7.59. The van der Waals surface area contributed by atoms with Crippen LogP contribution in [0.5, 0.6) is 0 Å². The summed E-state index contributed by atoms with van der Waals surface area (Å²) in [7, 11) is 0. The number of hydrogen-bond donors (Lipinski definition) is 1. The number of aryl methyl sites for hydroxylation is 1. The van der Waals surface area contributed by atoms with Crippen LogP contribution in [0.25, 0.3) is 16.9 Å². The van der Waals surface area contributed by atoms with Crippen molar-refractivity contribution in [1.82, 2.24) is 9.78 Å². The minimum absolute atomic E-state index is 0.480. The fourth-order valence-electron chi connectivity index (χ4n) is 2.23. The topological polar surface area (TPSA) is 67.6 Å². The summed E-state index contributed by atoms with van der Waals surface area (Å²) in [4.78, 5) is 0.690. The smallest absolute Gasteiger partial charge is 0.142 e. The fourth-order valence-corrected chi connectivity index (χ4v) is 2.77. The number of nitrogen functional groups attached to an aromatic ring is 1. The van der Waals surface area contributed by atoms with Gasteiger partial charge in [0, 0.05) is 5.56 Å². The predicted molar refractivity (Wildman–Crippen MR) is 89.6 cm³/mol. The molecule has 2 N–H and O–H groups in total. The van der Waals surface area contributed by atoms with Crippen molar-refractivity contribution < 1.29 is 0 Å². The quantitative estimate of drug-likeness (QED) is 0.586. The van der Waals surface area contributed by atoms with E-state index in [0.29, 0.717) is 10.7 Å². The van der Waals surface area contributed by atoms with E-state index < -0.39 is 0 Å². The van der Waals surface area contributed by atoms with E-state index in [9.17, 15) is 0 Å². The number of hydrogen-bond acceptors (Lipinski definition) is 4. The molecule has 0 aliphatic rings. The van der Waals surface area contributed by atoms with E-state index in [2.05, 4.69) is 10.5 Å². The summed E-state index contributed by atoms with van der Waals surface area (Å²) in [5.74, 6) is 0.480.